The molecule has 6 nitrogen and oxygen atoms in total. The molecule has 1 aromatic heterocycles. The van der Waals surface area contributed by atoms with E-state index < -0.39 is 16.4 Å². The minimum atomic E-state index is -0.932. The number of imidazole rings is 1. The SMILES string of the molecule is COc1ccc2nc(SCC3(O)CCC4C56C=CC7(C=C5C(=O)c5ccccc5-c5ccccc5)CC(O)CCC7(C)C6CCC43C)[nH]c2c1. The van der Waals surface area contributed by atoms with Gasteiger partial charge in [-0.1, -0.05) is 98.4 Å². The molecule has 4 aromatic rings. The van der Waals surface area contributed by atoms with Crippen LogP contribution in [-0.2, 0) is 0 Å². The van der Waals surface area contributed by atoms with Crippen LogP contribution in [0.1, 0.15) is 69.2 Å². The van der Waals surface area contributed by atoms with Crippen molar-refractivity contribution in [2.75, 3.05) is 12.9 Å². The van der Waals surface area contributed by atoms with E-state index in [4.69, 9.17) is 9.72 Å². The standard InChI is InChI=1S/C43H46N2O4S/c1-39-18-15-28(46)24-41(39)21-22-43(32(25-41)37(47)31-12-8-7-11-30(31)27-9-5-4-6-10-27)35(39)16-19-40(2)36(43)17-20-42(40,48)26-50-38-44-33-14-13-29(49-3)23-34(33)45-38/h4-14,21-23,25,28,35-36,46,48H,15-20,24,26H2,1-3H3,(H,44,45). The molecule has 6 aliphatic carbocycles. The van der Waals surface area contributed by atoms with Crippen molar-refractivity contribution < 1.29 is 19.7 Å². The highest BCUT2D eigenvalue weighted by atomic mass is 32.2. The van der Waals surface area contributed by atoms with Gasteiger partial charge in [-0.15, -0.1) is 0 Å². The third kappa shape index (κ3) is 4.29. The number of ketones is 1. The monoisotopic (exact) mass is 686 g/mol. The number of nitrogens with one attached hydrogen (secondary N) is 1. The first kappa shape index (κ1) is 32.3. The van der Waals surface area contributed by atoms with Gasteiger partial charge in [0.25, 0.3) is 0 Å². The first-order chi connectivity index (χ1) is 24.1. The van der Waals surface area contributed by atoms with Gasteiger partial charge in [0.1, 0.15) is 5.75 Å². The largest absolute Gasteiger partial charge is 0.497 e. The number of benzene rings is 3. The van der Waals surface area contributed by atoms with Gasteiger partial charge in [0.2, 0.25) is 0 Å². The minimum absolute atomic E-state index is 0.0736. The van der Waals surface area contributed by atoms with Gasteiger partial charge in [0.05, 0.1) is 29.8 Å². The van der Waals surface area contributed by atoms with E-state index in [0.717, 1.165) is 76.3 Å². The average Bonchev–Trinajstić information content (AvgIpc) is 3.67. The molecule has 8 unspecified atom stereocenters. The molecule has 3 aromatic carbocycles. The molecule has 3 N–H and O–H groups in total. The molecule has 3 fully saturated rings. The van der Waals surface area contributed by atoms with Gasteiger partial charge < -0.3 is 19.9 Å². The number of allylic oxidation sites excluding steroid dienone is 4. The van der Waals surface area contributed by atoms with Crippen molar-refractivity contribution in [2.45, 2.75) is 75.7 Å². The number of carbonyl (C=O) groups is 1. The van der Waals surface area contributed by atoms with Gasteiger partial charge in [-0.3, -0.25) is 4.79 Å². The summed E-state index contributed by atoms with van der Waals surface area (Å²) in [4.78, 5) is 23.6. The number of nitrogens with zero attached hydrogens (tertiary/aromatic N) is 1. The summed E-state index contributed by atoms with van der Waals surface area (Å²) < 4.78 is 5.41. The molecule has 1 heterocycles. The zero-order valence-electron chi connectivity index (χ0n) is 29.1. The molecule has 7 heteroatoms. The number of hydrogen-bond acceptors (Lipinski definition) is 6. The Morgan fingerprint density at radius 2 is 1.68 bits per heavy atom. The summed E-state index contributed by atoms with van der Waals surface area (Å²) in [5, 5.41) is 24.7. The molecule has 50 heavy (non-hydrogen) atoms. The van der Waals surface area contributed by atoms with Crippen molar-refractivity contribution in [3.05, 3.63) is 102 Å². The van der Waals surface area contributed by atoms with Crippen LogP contribution in [0.15, 0.2) is 102 Å². The molecule has 3 saturated carbocycles. The van der Waals surface area contributed by atoms with E-state index in [9.17, 15) is 10.2 Å². The second kappa shape index (κ2) is 11.2. The third-order valence-electron chi connectivity index (χ3n) is 14.3. The smallest absolute Gasteiger partial charge is 0.190 e. The predicted octanol–water partition coefficient (Wildman–Crippen LogP) is 8.80. The molecular weight excluding hydrogens is 641 g/mol. The number of ether oxygens (including phenoxy) is 1. The van der Waals surface area contributed by atoms with E-state index in [1.807, 2.05) is 54.6 Å². The Balaban J connectivity index is 1.13. The minimum Gasteiger partial charge on any atom is -0.497 e. The molecule has 0 saturated heterocycles. The molecule has 8 atom stereocenters. The quantitative estimate of drug-likeness (QED) is 0.102. The highest BCUT2D eigenvalue weighted by Crippen LogP contribution is 2.78. The number of aromatic nitrogens is 2. The molecule has 0 aliphatic heterocycles. The van der Waals surface area contributed by atoms with Crippen LogP contribution in [0.4, 0.5) is 0 Å². The van der Waals surface area contributed by atoms with Crippen molar-refractivity contribution in [2.24, 2.45) is 33.5 Å². The van der Waals surface area contributed by atoms with Gasteiger partial charge in [0, 0.05) is 39.2 Å². The average molecular weight is 687 g/mol. The Bertz CT molecular complexity index is 2070. The maximum atomic E-state index is 15.3. The molecule has 6 aliphatic rings. The van der Waals surface area contributed by atoms with E-state index >= 15 is 4.79 Å². The van der Waals surface area contributed by atoms with Gasteiger partial charge in [-0.05, 0) is 85.5 Å². The molecule has 0 amide bonds. The lowest BCUT2D eigenvalue weighted by atomic mass is 9.32. The Morgan fingerprint density at radius 1 is 0.940 bits per heavy atom. The topological polar surface area (TPSA) is 95.4 Å². The number of Topliss-reactive ketones (excluding diaryl/α,β-unsaturated/α-hetero) is 1. The number of aliphatic hydroxyl groups excluding tert-OH is 1. The van der Waals surface area contributed by atoms with Crippen LogP contribution in [0.3, 0.4) is 0 Å². The summed E-state index contributed by atoms with van der Waals surface area (Å²) in [6, 6.07) is 24.1. The van der Waals surface area contributed by atoms with E-state index in [2.05, 4.69) is 55.3 Å². The Hall–Kier alpha value is -3.65. The second-order valence-corrected chi connectivity index (χ2v) is 17.2. The summed E-state index contributed by atoms with van der Waals surface area (Å²) in [5.74, 6) is 1.74. The predicted molar refractivity (Wildman–Crippen MR) is 198 cm³/mol. The molecule has 2 bridgehead atoms. The first-order valence-corrected chi connectivity index (χ1v) is 19.2. The molecule has 258 valence electrons. The number of rotatable bonds is 7. The maximum Gasteiger partial charge on any atom is 0.190 e. The normalized spacial score (nSPS) is 36.8. The molecule has 10 rings (SSSR count). The van der Waals surface area contributed by atoms with Crippen LogP contribution in [0.2, 0.25) is 0 Å². The van der Waals surface area contributed by atoms with Crippen LogP contribution >= 0.6 is 11.8 Å². The molecule has 2 spiro atoms. The van der Waals surface area contributed by atoms with Gasteiger partial charge >= 0.3 is 0 Å². The number of methoxy groups -OCH3 is 1. The lowest BCUT2D eigenvalue weighted by Gasteiger charge is -2.71. The zero-order valence-corrected chi connectivity index (χ0v) is 29.9. The number of thioether (sulfide) groups is 1. The van der Waals surface area contributed by atoms with Crippen LogP contribution in [-0.4, -0.2) is 50.5 Å². The van der Waals surface area contributed by atoms with Crippen LogP contribution in [0, 0.1) is 33.5 Å². The third-order valence-corrected chi connectivity index (χ3v) is 15.4. The first-order valence-electron chi connectivity index (χ1n) is 18.3. The fourth-order valence-corrected chi connectivity index (χ4v) is 12.8. The highest BCUT2D eigenvalue weighted by molar-refractivity contribution is 7.99. The summed E-state index contributed by atoms with van der Waals surface area (Å²) in [6.45, 7) is 4.74. The Kier molecular flexibility index (Phi) is 7.21. The van der Waals surface area contributed by atoms with Crippen molar-refractivity contribution in [1.29, 1.82) is 0 Å². The fraction of sp³-hybridized carbons (Fsp3) is 0.442. The van der Waals surface area contributed by atoms with Crippen molar-refractivity contribution in [1.82, 2.24) is 9.97 Å². The number of aromatic amines is 1. The summed E-state index contributed by atoms with van der Waals surface area (Å²) in [7, 11) is 1.66. The number of H-pyrrole nitrogens is 1. The van der Waals surface area contributed by atoms with Crippen molar-refractivity contribution in [3.63, 3.8) is 0 Å². The number of aliphatic hydroxyl groups is 2. The Labute approximate surface area is 298 Å². The number of hydrogen-bond donors (Lipinski definition) is 3. The number of carbonyl (C=O) groups excluding carboxylic acids is 1. The number of fused-ring (bicyclic) bond motifs is 2. The molecular formula is C43H46N2O4S. The maximum absolute atomic E-state index is 15.3. The Morgan fingerprint density at radius 3 is 2.50 bits per heavy atom. The zero-order chi connectivity index (χ0) is 34.5. The lowest BCUT2D eigenvalue weighted by molar-refractivity contribution is -0.166. The summed E-state index contributed by atoms with van der Waals surface area (Å²) in [5.41, 5.74) is 3.11. The van der Waals surface area contributed by atoms with Crippen LogP contribution < -0.4 is 4.74 Å². The second-order valence-electron chi connectivity index (χ2n) is 16.3. The van der Waals surface area contributed by atoms with E-state index in [-0.39, 0.29) is 34.6 Å². The van der Waals surface area contributed by atoms with Gasteiger partial charge in [0.15, 0.2) is 10.9 Å². The van der Waals surface area contributed by atoms with E-state index in [0.29, 0.717) is 18.6 Å². The van der Waals surface area contributed by atoms with Gasteiger partial charge in [-0.2, -0.15) is 0 Å². The van der Waals surface area contributed by atoms with E-state index in [1.54, 1.807) is 18.9 Å². The molecule has 0 radical (unpaired) electrons. The highest BCUT2D eigenvalue weighted by Gasteiger charge is 2.74. The van der Waals surface area contributed by atoms with Crippen molar-refractivity contribution in [3.8, 4) is 16.9 Å². The van der Waals surface area contributed by atoms with E-state index in [1.165, 1.54) is 0 Å². The lowest BCUT2D eigenvalue weighted by Crippen LogP contribution is -2.67. The summed E-state index contributed by atoms with van der Waals surface area (Å²) in [6.07, 6.45) is 12.5. The van der Waals surface area contributed by atoms with Crippen molar-refractivity contribution >= 4 is 28.6 Å². The summed E-state index contributed by atoms with van der Waals surface area (Å²) >= 11 is 1.59. The van der Waals surface area contributed by atoms with Crippen LogP contribution in [0.5, 0.6) is 5.75 Å². The fourth-order valence-electron chi connectivity index (χ4n) is 11.6. The van der Waals surface area contributed by atoms with Gasteiger partial charge in [-0.25, -0.2) is 4.98 Å². The van der Waals surface area contributed by atoms with Crippen LogP contribution in [0.25, 0.3) is 22.2 Å².